The lowest BCUT2D eigenvalue weighted by atomic mass is 9.48. The van der Waals surface area contributed by atoms with E-state index < -0.39 is 0 Å². The summed E-state index contributed by atoms with van der Waals surface area (Å²) in [6.45, 7) is 0. The Labute approximate surface area is 119 Å². The van der Waals surface area contributed by atoms with E-state index in [2.05, 4.69) is 17.5 Å². The molecule has 0 N–H and O–H groups in total. The summed E-state index contributed by atoms with van der Waals surface area (Å²) in [5, 5.41) is 2.12. The number of carbonyl (C=O) groups is 1. The minimum Gasteiger partial charge on any atom is -0.299 e. The van der Waals surface area contributed by atoms with Crippen LogP contribution in [0.25, 0.3) is 0 Å². The van der Waals surface area contributed by atoms with E-state index in [4.69, 9.17) is 0 Å². The molecule has 0 radical (unpaired) electrons. The Kier molecular flexibility index (Phi) is 2.84. The number of hydrogen-bond acceptors (Lipinski definition) is 2. The van der Waals surface area contributed by atoms with Crippen LogP contribution in [-0.4, -0.2) is 5.78 Å². The molecule has 4 aliphatic rings. The minimum absolute atomic E-state index is 0.117. The topological polar surface area (TPSA) is 17.1 Å². The number of ketones is 1. The highest BCUT2D eigenvalue weighted by atomic mass is 32.1. The first kappa shape index (κ1) is 12.1. The summed E-state index contributed by atoms with van der Waals surface area (Å²) in [6.07, 6.45) is 9.71. The van der Waals surface area contributed by atoms with Crippen LogP contribution < -0.4 is 0 Å². The van der Waals surface area contributed by atoms with Gasteiger partial charge in [0.15, 0.2) is 0 Å². The van der Waals surface area contributed by atoms with Crippen LogP contribution >= 0.6 is 11.3 Å². The van der Waals surface area contributed by atoms with Gasteiger partial charge in [0.1, 0.15) is 5.78 Å². The number of Topliss-reactive ketones (excluding diaryl/α,β-unsaturated/α-hetero) is 1. The lowest BCUT2D eigenvalue weighted by Crippen LogP contribution is -2.50. The van der Waals surface area contributed by atoms with Crippen LogP contribution in [0.5, 0.6) is 0 Å². The maximum Gasteiger partial charge on any atom is 0.139 e. The zero-order chi connectivity index (χ0) is 12.9. The molecule has 1 aromatic heterocycles. The molecule has 4 fully saturated rings. The average Bonchev–Trinajstić information content (AvgIpc) is 2.87. The molecular formula is C17H22OS. The van der Waals surface area contributed by atoms with E-state index in [9.17, 15) is 4.79 Å². The van der Waals surface area contributed by atoms with Gasteiger partial charge in [-0.2, -0.15) is 0 Å². The maximum atomic E-state index is 12.8. The van der Waals surface area contributed by atoms with Crippen molar-refractivity contribution < 1.29 is 4.79 Å². The second-order valence-corrected chi connectivity index (χ2v) is 8.23. The highest BCUT2D eigenvalue weighted by Gasteiger charge is 2.53. The number of carbonyl (C=O) groups excluding carboxylic acids is 1. The van der Waals surface area contributed by atoms with Crippen LogP contribution in [0.15, 0.2) is 17.5 Å². The van der Waals surface area contributed by atoms with E-state index in [0.717, 1.165) is 30.6 Å². The van der Waals surface area contributed by atoms with Gasteiger partial charge in [0, 0.05) is 16.7 Å². The van der Waals surface area contributed by atoms with Gasteiger partial charge in [0.05, 0.1) is 0 Å². The number of hydrogen-bond donors (Lipinski definition) is 0. The van der Waals surface area contributed by atoms with E-state index >= 15 is 0 Å². The predicted octanol–water partition coefficient (Wildman–Crippen LogP) is 4.47. The molecule has 2 heteroatoms. The summed E-state index contributed by atoms with van der Waals surface area (Å²) >= 11 is 1.79. The SMILES string of the molecule is O=C(CCc1cccs1)C12CC3CC(CC(C3)C1)C2. The third kappa shape index (κ3) is 2.08. The van der Waals surface area contributed by atoms with Crippen LogP contribution in [0, 0.1) is 23.2 Å². The molecular weight excluding hydrogens is 252 g/mol. The normalized spacial score (nSPS) is 39.7. The van der Waals surface area contributed by atoms with Crippen LogP contribution in [0.3, 0.4) is 0 Å². The molecule has 4 bridgehead atoms. The van der Waals surface area contributed by atoms with Gasteiger partial charge in [-0.15, -0.1) is 11.3 Å². The second kappa shape index (κ2) is 4.44. The van der Waals surface area contributed by atoms with Gasteiger partial charge in [0.25, 0.3) is 0 Å². The van der Waals surface area contributed by atoms with Crippen molar-refractivity contribution in [1.29, 1.82) is 0 Å². The lowest BCUT2D eigenvalue weighted by molar-refractivity contribution is -0.143. The number of thiophene rings is 1. The smallest absolute Gasteiger partial charge is 0.139 e. The van der Waals surface area contributed by atoms with E-state index in [-0.39, 0.29) is 5.41 Å². The van der Waals surface area contributed by atoms with E-state index in [1.165, 1.54) is 43.4 Å². The first-order valence-electron chi connectivity index (χ1n) is 7.79. The van der Waals surface area contributed by atoms with Gasteiger partial charge in [-0.25, -0.2) is 0 Å². The van der Waals surface area contributed by atoms with E-state index in [1.54, 1.807) is 11.3 Å². The van der Waals surface area contributed by atoms with Crippen molar-refractivity contribution in [2.75, 3.05) is 0 Å². The molecule has 5 rings (SSSR count). The summed E-state index contributed by atoms with van der Waals surface area (Å²) in [5.41, 5.74) is 0.117. The highest BCUT2D eigenvalue weighted by Crippen LogP contribution is 2.60. The fraction of sp³-hybridized carbons (Fsp3) is 0.706. The molecule has 0 amide bonds. The average molecular weight is 274 g/mol. The largest absolute Gasteiger partial charge is 0.299 e. The molecule has 0 spiro atoms. The molecule has 0 unspecified atom stereocenters. The van der Waals surface area contributed by atoms with Crippen LogP contribution in [0.4, 0.5) is 0 Å². The van der Waals surface area contributed by atoms with Crippen molar-refractivity contribution in [3.05, 3.63) is 22.4 Å². The summed E-state index contributed by atoms with van der Waals surface area (Å²) in [4.78, 5) is 14.2. The fourth-order valence-corrected chi connectivity index (χ4v) is 6.12. The quantitative estimate of drug-likeness (QED) is 0.792. The molecule has 19 heavy (non-hydrogen) atoms. The van der Waals surface area contributed by atoms with Crippen molar-refractivity contribution >= 4 is 17.1 Å². The molecule has 1 heterocycles. The second-order valence-electron chi connectivity index (χ2n) is 7.20. The van der Waals surface area contributed by atoms with Gasteiger partial charge in [0.2, 0.25) is 0 Å². The summed E-state index contributed by atoms with van der Waals surface area (Å²) in [6, 6.07) is 4.26. The Hall–Kier alpha value is -0.630. The highest BCUT2D eigenvalue weighted by molar-refractivity contribution is 7.09. The van der Waals surface area contributed by atoms with E-state index in [1.807, 2.05) is 0 Å². The Bertz CT molecular complexity index is 438. The molecule has 1 nitrogen and oxygen atoms in total. The van der Waals surface area contributed by atoms with Crippen LogP contribution in [0.1, 0.15) is 49.8 Å². The van der Waals surface area contributed by atoms with Gasteiger partial charge < -0.3 is 0 Å². The third-order valence-corrected chi connectivity index (χ3v) is 6.74. The molecule has 4 aliphatic carbocycles. The van der Waals surface area contributed by atoms with Crippen molar-refractivity contribution in [1.82, 2.24) is 0 Å². The molecule has 102 valence electrons. The zero-order valence-electron chi connectivity index (χ0n) is 11.4. The third-order valence-electron chi connectivity index (χ3n) is 5.81. The first-order valence-corrected chi connectivity index (χ1v) is 8.67. The zero-order valence-corrected chi connectivity index (χ0v) is 12.3. The molecule has 4 saturated carbocycles. The number of rotatable bonds is 4. The predicted molar refractivity (Wildman–Crippen MR) is 78.3 cm³/mol. The number of aryl methyl sites for hydroxylation is 1. The van der Waals surface area contributed by atoms with Gasteiger partial charge in [-0.05, 0) is 74.1 Å². The van der Waals surface area contributed by atoms with Gasteiger partial charge in [-0.1, -0.05) is 6.07 Å². The summed E-state index contributed by atoms with van der Waals surface area (Å²) < 4.78 is 0. The molecule has 1 aromatic rings. The van der Waals surface area contributed by atoms with Crippen molar-refractivity contribution in [3.8, 4) is 0 Å². The maximum absolute atomic E-state index is 12.8. The Morgan fingerprint density at radius 2 is 1.79 bits per heavy atom. The minimum atomic E-state index is 0.117. The van der Waals surface area contributed by atoms with Crippen molar-refractivity contribution in [3.63, 3.8) is 0 Å². The molecule has 0 saturated heterocycles. The van der Waals surface area contributed by atoms with Crippen LogP contribution in [-0.2, 0) is 11.2 Å². The monoisotopic (exact) mass is 274 g/mol. The Morgan fingerprint density at radius 1 is 1.16 bits per heavy atom. The molecule has 0 aliphatic heterocycles. The van der Waals surface area contributed by atoms with Crippen LogP contribution in [0.2, 0.25) is 0 Å². The van der Waals surface area contributed by atoms with Crippen molar-refractivity contribution in [2.24, 2.45) is 23.2 Å². The molecule has 0 aromatic carbocycles. The Balaban J connectivity index is 1.47. The molecule has 0 atom stereocenters. The first-order chi connectivity index (χ1) is 9.23. The van der Waals surface area contributed by atoms with Gasteiger partial charge >= 0.3 is 0 Å². The van der Waals surface area contributed by atoms with E-state index in [0.29, 0.717) is 5.78 Å². The Morgan fingerprint density at radius 3 is 2.32 bits per heavy atom. The van der Waals surface area contributed by atoms with Gasteiger partial charge in [-0.3, -0.25) is 4.79 Å². The summed E-state index contributed by atoms with van der Waals surface area (Å²) in [7, 11) is 0. The fourth-order valence-electron chi connectivity index (χ4n) is 5.41. The summed E-state index contributed by atoms with van der Waals surface area (Å²) in [5.74, 6) is 3.26. The lowest BCUT2D eigenvalue weighted by Gasteiger charge is -2.56. The standard InChI is InChI=1S/C17H22OS/c18-16(4-3-15-2-1-5-19-15)17-9-12-6-13(10-17)8-14(7-12)11-17/h1-2,5,12-14H,3-4,6-11H2. The van der Waals surface area contributed by atoms with Crippen molar-refractivity contribution in [2.45, 2.75) is 51.4 Å².